The van der Waals surface area contributed by atoms with E-state index in [1.807, 2.05) is 25.3 Å². The molecule has 2 heterocycles. The van der Waals surface area contributed by atoms with E-state index in [1.54, 1.807) is 0 Å². The minimum absolute atomic E-state index is 0.815. The van der Waals surface area contributed by atoms with Gasteiger partial charge in [0.15, 0.2) is 0 Å². The molecule has 128 valence electrons. The first-order valence-electron chi connectivity index (χ1n) is 8.82. The highest BCUT2D eigenvalue weighted by molar-refractivity contribution is 5.85. The minimum Gasteiger partial charge on any atom is -0.460 e. The molecule has 25 heavy (non-hydrogen) atoms. The molecular formula is C21H23N3O. The quantitative estimate of drug-likeness (QED) is 0.679. The highest BCUT2D eigenvalue weighted by Crippen LogP contribution is 2.20. The largest absolute Gasteiger partial charge is 0.460 e. The third-order valence-corrected chi connectivity index (χ3v) is 4.73. The molecule has 0 spiro atoms. The Bertz CT molecular complexity index is 870. The number of piperazine rings is 1. The van der Waals surface area contributed by atoms with Gasteiger partial charge < -0.3 is 4.42 Å². The zero-order valence-corrected chi connectivity index (χ0v) is 14.6. The van der Waals surface area contributed by atoms with E-state index in [0.29, 0.717) is 0 Å². The number of fused-ring (bicyclic) bond motifs is 1. The van der Waals surface area contributed by atoms with Gasteiger partial charge in [-0.05, 0) is 35.4 Å². The summed E-state index contributed by atoms with van der Waals surface area (Å²) in [5, 5.41) is 9.35. The van der Waals surface area contributed by atoms with E-state index in [2.05, 4.69) is 57.5 Å². The topological polar surface area (TPSA) is 32.0 Å². The predicted octanol–water partition coefficient (Wildman–Crippen LogP) is 3.89. The molecule has 1 fully saturated rings. The van der Waals surface area contributed by atoms with Gasteiger partial charge in [-0.1, -0.05) is 42.5 Å². The molecule has 0 bridgehead atoms. The van der Waals surface area contributed by atoms with Gasteiger partial charge in [-0.25, -0.2) is 0 Å². The van der Waals surface area contributed by atoms with E-state index in [-0.39, 0.29) is 0 Å². The van der Waals surface area contributed by atoms with Crippen LogP contribution < -0.4 is 0 Å². The van der Waals surface area contributed by atoms with Crippen LogP contribution >= 0.6 is 0 Å². The van der Waals surface area contributed by atoms with Crippen LogP contribution in [0.3, 0.4) is 0 Å². The van der Waals surface area contributed by atoms with E-state index in [1.165, 1.54) is 16.3 Å². The highest BCUT2D eigenvalue weighted by atomic mass is 16.3. The summed E-state index contributed by atoms with van der Waals surface area (Å²) < 4.78 is 5.53. The first-order chi connectivity index (χ1) is 12.3. The van der Waals surface area contributed by atoms with Crippen molar-refractivity contribution in [1.82, 2.24) is 9.91 Å². The van der Waals surface area contributed by atoms with Crippen molar-refractivity contribution in [2.75, 3.05) is 26.2 Å². The second kappa shape index (κ2) is 7.11. The molecule has 1 aliphatic rings. The molecular weight excluding hydrogens is 310 g/mol. The van der Waals surface area contributed by atoms with Gasteiger partial charge >= 0.3 is 0 Å². The highest BCUT2D eigenvalue weighted by Gasteiger charge is 2.16. The Balaban J connectivity index is 1.36. The fourth-order valence-corrected chi connectivity index (χ4v) is 3.34. The molecule has 0 N–H and O–H groups in total. The standard InChI is InChI=1S/C21H23N3O/c1-17-9-10-20(25-17)15-22-24-13-11-23(12-14-24)16-19-7-4-6-18-5-2-3-8-21(18)19/h2-10,15H,11-14,16H2,1H3/b22-15-. The van der Waals surface area contributed by atoms with E-state index < -0.39 is 0 Å². The molecule has 0 unspecified atom stereocenters. The molecule has 3 aromatic rings. The van der Waals surface area contributed by atoms with Crippen LogP contribution in [0.25, 0.3) is 10.8 Å². The second-order valence-electron chi connectivity index (χ2n) is 6.56. The molecule has 2 aromatic carbocycles. The van der Waals surface area contributed by atoms with Gasteiger partial charge in [0, 0.05) is 32.7 Å². The molecule has 1 aromatic heterocycles. The fourth-order valence-electron chi connectivity index (χ4n) is 3.34. The molecule has 0 radical (unpaired) electrons. The molecule has 0 atom stereocenters. The number of hydrogen-bond donors (Lipinski definition) is 0. The number of rotatable bonds is 4. The summed E-state index contributed by atoms with van der Waals surface area (Å²) >= 11 is 0. The Hall–Kier alpha value is -2.59. The Morgan fingerprint density at radius 3 is 2.56 bits per heavy atom. The van der Waals surface area contributed by atoms with Gasteiger partial charge in [-0.2, -0.15) is 5.10 Å². The molecule has 0 saturated carbocycles. The van der Waals surface area contributed by atoms with Crippen molar-refractivity contribution >= 4 is 17.0 Å². The van der Waals surface area contributed by atoms with Crippen LogP contribution in [-0.4, -0.2) is 42.3 Å². The van der Waals surface area contributed by atoms with Gasteiger partial charge in [0.25, 0.3) is 0 Å². The monoisotopic (exact) mass is 333 g/mol. The van der Waals surface area contributed by atoms with Crippen LogP contribution in [0.4, 0.5) is 0 Å². The van der Waals surface area contributed by atoms with Crippen molar-refractivity contribution in [1.29, 1.82) is 0 Å². The first-order valence-corrected chi connectivity index (χ1v) is 8.82. The Morgan fingerprint density at radius 1 is 0.960 bits per heavy atom. The van der Waals surface area contributed by atoms with Crippen LogP contribution in [0.1, 0.15) is 17.1 Å². The van der Waals surface area contributed by atoms with Crippen molar-refractivity contribution in [3.63, 3.8) is 0 Å². The lowest BCUT2D eigenvalue weighted by atomic mass is 10.0. The van der Waals surface area contributed by atoms with Crippen molar-refractivity contribution in [3.8, 4) is 0 Å². The normalized spacial score (nSPS) is 16.1. The summed E-state index contributed by atoms with van der Waals surface area (Å²) in [4.78, 5) is 2.50. The number of nitrogens with zero attached hydrogens (tertiary/aromatic N) is 3. The lowest BCUT2D eigenvalue weighted by Crippen LogP contribution is -2.43. The van der Waals surface area contributed by atoms with Crippen molar-refractivity contribution < 1.29 is 4.42 Å². The number of furan rings is 1. The van der Waals surface area contributed by atoms with Gasteiger partial charge in [0.2, 0.25) is 0 Å². The molecule has 1 saturated heterocycles. The summed E-state index contributed by atoms with van der Waals surface area (Å²) in [6, 6.07) is 19.1. The minimum atomic E-state index is 0.815. The van der Waals surface area contributed by atoms with Crippen LogP contribution in [0.2, 0.25) is 0 Å². The van der Waals surface area contributed by atoms with Crippen LogP contribution in [0, 0.1) is 6.92 Å². The smallest absolute Gasteiger partial charge is 0.147 e. The summed E-state index contributed by atoms with van der Waals surface area (Å²) in [5.74, 6) is 1.73. The molecule has 1 aliphatic heterocycles. The van der Waals surface area contributed by atoms with Crippen LogP contribution in [-0.2, 0) is 6.54 Å². The summed E-state index contributed by atoms with van der Waals surface area (Å²) in [6.07, 6.45) is 1.81. The predicted molar refractivity (Wildman–Crippen MR) is 102 cm³/mol. The SMILES string of the molecule is Cc1ccc(/C=N\N2CCN(Cc3cccc4ccccc34)CC2)o1. The van der Waals surface area contributed by atoms with Crippen LogP contribution in [0.15, 0.2) is 64.1 Å². The first kappa shape index (κ1) is 15.9. The van der Waals surface area contributed by atoms with Gasteiger partial charge in [0.1, 0.15) is 11.5 Å². The number of hydrogen-bond acceptors (Lipinski definition) is 4. The third kappa shape index (κ3) is 3.74. The lowest BCUT2D eigenvalue weighted by molar-refractivity contribution is 0.131. The van der Waals surface area contributed by atoms with Gasteiger partial charge in [-0.3, -0.25) is 9.91 Å². The average molecular weight is 333 g/mol. The third-order valence-electron chi connectivity index (χ3n) is 4.73. The van der Waals surface area contributed by atoms with Crippen molar-refractivity contribution in [2.45, 2.75) is 13.5 Å². The molecule has 0 aliphatic carbocycles. The van der Waals surface area contributed by atoms with E-state index >= 15 is 0 Å². The Labute approximate surface area is 148 Å². The second-order valence-corrected chi connectivity index (χ2v) is 6.56. The molecule has 4 nitrogen and oxygen atoms in total. The summed E-state index contributed by atoms with van der Waals surface area (Å²) in [7, 11) is 0. The van der Waals surface area contributed by atoms with E-state index in [0.717, 1.165) is 44.2 Å². The maximum Gasteiger partial charge on any atom is 0.147 e. The summed E-state index contributed by atoms with van der Waals surface area (Å²) in [6.45, 7) is 6.89. The molecule has 4 rings (SSSR count). The van der Waals surface area contributed by atoms with Gasteiger partial charge in [0.05, 0.1) is 6.21 Å². The maximum absolute atomic E-state index is 5.53. The van der Waals surface area contributed by atoms with Crippen LogP contribution in [0.5, 0.6) is 0 Å². The number of aryl methyl sites for hydroxylation is 1. The van der Waals surface area contributed by atoms with E-state index in [9.17, 15) is 0 Å². The fraction of sp³-hybridized carbons (Fsp3) is 0.286. The molecule has 4 heteroatoms. The number of benzene rings is 2. The average Bonchev–Trinajstić information content (AvgIpc) is 3.07. The molecule has 0 amide bonds. The Kier molecular flexibility index (Phi) is 4.53. The maximum atomic E-state index is 5.53. The summed E-state index contributed by atoms with van der Waals surface area (Å²) in [5.41, 5.74) is 1.40. The van der Waals surface area contributed by atoms with E-state index in [4.69, 9.17) is 4.42 Å². The van der Waals surface area contributed by atoms with Crippen molar-refractivity contribution in [2.24, 2.45) is 5.10 Å². The number of hydrazone groups is 1. The zero-order valence-electron chi connectivity index (χ0n) is 14.6. The lowest BCUT2D eigenvalue weighted by Gasteiger charge is -2.33. The van der Waals surface area contributed by atoms with Gasteiger partial charge in [-0.15, -0.1) is 0 Å². The Morgan fingerprint density at radius 2 is 1.76 bits per heavy atom. The van der Waals surface area contributed by atoms with Crippen molar-refractivity contribution in [3.05, 3.63) is 71.7 Å². The zero-order chi connectivity index (χ0) is 17.1.